The van der Waals surface area contributed by atoms with E-state index in [1.54, 1.807) is 27.5 Å². The van der Waals surface area contributed by atoms with E-state index in [0.717, 1.165) is 42.1 Å². The summed E-state index contributed by atoms with van der Waals surface area (Å²) in [5.74, 6) is 3.05. The first-order valence-electron chi connectivity index (χ1n) is 9.34. The maximum absolute atomic E-state index is 5.42. The van der Waals surface area contributed by atoms with Crippen LogP contribution in [-0.4, -0.2) is 42.8 Å². The molecule has 0 amide bonds. The van der Waals surface area contributed by atoms with Crippen LogP contribution in [0.2, 0.25) is 0 Å². The number of anilines is 4. The summed E-state index contributed by atoms with van der Waals surface area (Å²) < 4.78 is 16.2. The average Bonchev–Trinajstić information content (AvgIpc) is 2.78. The van der Waals surface area contributed by atoms with Gasteiger partial charge in [0, 0.05) is 42.3 Å². The summed E-state index contributed by atoms with van der Waals surface area (Å²) in [5.41, 5.74) is 2.88. The zero-order valence-corrected chi connectivity index (χ0v) is 16.7. The zero-order valence-electron chi connectivity index (χ0n) is 16.7. The van der Waals surface area contributed by atoms with Crippen LogP contribution in [0, 0.1) is 0 Å². The maximum Gasteiger partial charge on any atom is 0.229 e. The molecule has 1 N–H and O–H groups in total. The second-order valence-electron chi connectivity index (χ2n) is 6.55. The fourth-order valence-electron chi connectivity index (χ4n) is 3.45. The topological polar surface area (TPSA) is 81.6 Å². The molecule has 3 aromatic rings. The molecule has 0 aliphatic carbocycles. The molecule has 0 bridgehead atoms. The molecule has 0 unspecified atom stereocenters. The van der Waals surface area contributed by atoms with Gasteiger partial charge in [0.1, 0.15) is 5.82 Å². The molecule has 4 rings (SSSR count). The van der Waals surface area contributed by atoms with Crippen molar-refractivity contribution in [3.05, 3.63) is 48.4 Å². The van der Waals surface area contributed by atoms with Crippen LogP contribution in [0.1, 0.15) is 12.0 Å². The first-order valence-corrected chi connectivity index (χ1v) is 9.34. The lowest BCUT2D eigenvalue weighted by Crippen LogP contribution is -2.26. The molecule has 0 saturated heterocycles. The molecule has 1 aliphatic rings. The standard InChI is InChI=1S/C21H23N5O3/c1-27-17-10-15(11-18(28-2)19(17)29-3)24-21-23-12-14-6-5-9-26(20(14)25-21)16-7-4-8-22-13-16/h4,7-8,10-13H,5-6,9H2,1-3H3,(H,23,24,25). The highest BCUT2D eigenvalue weighted by atomic mass is 16.5. The molecule has 3 heterocycles. The molecule has 1 aliphatic heterocycles. The van der Waals surface area contributed by atoms with Crippen LogP contribution in [0.5, 0.6) is 17.2 Å². The Morgan fingerprint density at radius 1 is 1.03 bits per heavy atom. The van der Waals surface area contributed by atoms with Gasteiger partial charge in [0.2, 0.25) is 11.7 Å². The molecule has 150 valence electrons. The summed E-state index contributed by atoms with van der Waals surface area (Å²) >= 11 is 0. The summed E-state index contributed by atoms with van der Waals surface area (Å²) in [6.07, 6.45) is 7.50. The van der Waals surface area contributed by atoms with Crippen LogP contribution in [-0.2, 0) is 6.42 Å². The van der Waals surface area contributed by atoms with Gasteiger partial charge < -0.3 is 24.4 Å². The van der Waals surface area contributed by atoms with Gasteiger partial charge in [0.25, 0.3) is 0 Å². The molecule has 0 saturated carbocycles. The van der Waals surface area contributed by atoms with Gasteiger partial charge >= 0.3 is 0 Å². The number of rotatable bonds is 6. The Bertz CT molecular complexity index is 972. The minimum Gasteiger partial charge on any atom is -0.493 e. The minimum atomic E-state index is 0.494. The molecule has 8 heteroatoms. The number of ether oxygens (including phenoxy) is 3. The van der Waals surface area contributed by atoms with Crippen molar-refractivity contribution in [2.24, 2.45) is 0 Å². The number of methoxy groups -OCH3 is 3. The number of aryl methyl sites for hydroxylation is 1. The third kappa shape index (κ3) is 3.73. The highest BCUT2D eigenvalue weighted by Crippen LogP contribution is 2.40. The van der Waals surface area contributed by atoms with Crippen LogP contribution < -0.4 is 24.4 Å². The molecular formula is C21H23N5O3. The lowest BCUT2D eigenvalue weighted by Gasteiger charge is -2.29. The lowest BCUT2D eigenvalue weighted by atomic mass is 10.1. The number of fused-ring (bicyclic) bond motifs is 1. The maximum atomic E-state index is 5.42. The molecule has 1 aromatic carbocycles. The largest absolute Gasteiger partial charge is 0.493 e. The number of hydrogen-bond donors (Lipinski definition) is 1. The summed E-state index contributed by atoms with van der Waals surface area (Å²) in [6, 6.07) is 7.61. The normalized spacial score (nSPS) is 12.9. The van der Waals surface area contributed by atoms with Crippen LogP contribution >= 0.6 is 0 Å². The Kier molecular flexibility index (Phi) is 5.33. The predicted molar refractivity (Wildman–Crippen MR) is 111 cm³/mol. The molecule has 0 spiro atoms. The third-order valence-corrected chi connectivity index (χ3v) is 4.80. The summed E-state index contributed by atoms with van der Waals surface area (Å²) in [4.78, 5) is 15.7. The minimum absolute atomic E-state index is 0.494. The SMILES string of the molecule is COc1cc(Nc2ncc3c(n2)N(c2cccnc2)CCC3)cc(OC)c1OC. The van der Waals surface area contributed by atoms with Gasteiger partial charge in [-0.05, 0) is 25.0 Å². The van der Waals surface area contributed by atoms with Crippen LogP contribution in [0.3, 0.4) is 0 Å². The number of nitrogens with zero attached hydrogens (tertiary/aromatic N) is 4. The van der Waals surface area contributed by atoms with Gasteiger partial charge in [-0.25, -0.2) is 4.98 Å². The Labute approximate surface area is 169 Å². The van der Waals surface area contributed by atoms with Gasteiger partial charge in [0.05, 0.1) is 33.2 Å². The summed E-state index contributed by atoms with van der Waals surface area (Å²) in [6.45, 7) is 0.888. The van der Waals surface area contributed by atoms with Crippen molar-refractivity contribution in [3.8, 4) is 17.2 Å². The highest BCUT2D eigenvalue weighted by Gasteiger charge is 2.21. The highest BCUT2D eigenvalue weighted by molar-refractivity contribution is 5.68. The van der Waals surface area contributed by atoms with Crippen molar-refractivity contribution in [1.82, 2.24) is 15.0 Å². The number of aromatic nitrogens is 3. The van der Waals surface area contributed by atoms with E-state index in [1.165, 1.54) is 0 Å². The van der Waals surface area contributed by atoms with Crippen molar-refractivity contribution >= 4 is 23.1 Å². The van der Waals surface area contributed by atoms with E-state index in [2.05, 4.69) is 20.2 Å². The fraction of sp³-hybridized carbons (Fsp3) is 0.286. The monoisotopic (exact) mass is 393 g/mol. The first-order chi connectivity index (χ1) is 14.2. The fourth-order valence-corrected chi connectivity index (χ4v) is 3.45. The second-order valence-corrected chi connectivity index (χ2v) is 6.55. The van der Waals surface area contributed by atoms with Crippen molar-refractivity contribution in [2.45, 2.75) is 12.8 Å². The smallest absolute Gasteiger partial charge is 0.229 e. The van der Waals surface area contributed by atoms with Crippen LogP contribution in [0.4, 0.5) is 23.1 Å². The summed E-state index contributed by atoms with van der Waals surface area (Å²) in [5, 5.41) is 3.25. The van der Waals surface area contributed by atoms with E-state index in [1.807, 2.05) is 36.7 Å². The van der Waals surface area contributed by atoms with E-state index < -0.39 is 0 Å². The molecule has 8 nitrogen and oxygen atoms in total. The average molecular weight is 393 g/mol. The molecule has 0 fully saturated rings. The zero-order chi connectivity index (χ0) is 20.2. The quantitative estimate of drug-likeness (QED) is 0.679. The van der Waals surface area contributed by atoms with Gasteiger partial charge in [-0.2, -0.15) is 4.98 Å². The van der Waals surface area contributed by atoms with Crippen molar-refractivity contribution in [3.63, 3.8) is 0 Å². The first kappa shape index (κ1) is 18.8. The number of benzene rings is 1. The third-order valence-electron chi connectivity index (χ3n) is 4.80. The van der Waals surface area contributed by atoms with E-state index in [9.17, 15) is 0 Å². The Balaban J connectivity index is 1.68. The number of pyridine rings is 1. The van der Waals surface area contributed by atoms with E-state index in [-0.39, 0.29) is 0 Å². The van der Waals surface area contributed by atoms with Gasteiger partial charge in [-0.3, -0.25) is 4.98 Å². The van der Waals surface area contributed by atoms with Crippen molar-refractivity contribution in [2.75, 3.05) is 38.1 Å². The van der Waals surface area contributed by atoms with Crippen LogP contribution in [0.25, 0.3) is 0 Å². The van der Waals surface area contributed by atoms with Gasteiger partial charge in [-0.1, -0.05) is 0 Å². The molecule has 0 atom stereocenters. The van der Waals surface area contributed by atoms with Gasteiger partial charge in [0.15, 0.2) is 11.5 Å². The van der Waals surface area contributed by atoms with E-state index in [0.29, 0.717) is 23.2 Å². The number of nitrogens with one attached hydrogen (secondary N) is 1. The predicted octanol–water partition coefficient (Wildman–Crippen LogP) is 3.73. The van der Waals surface area contributed by atoms with Gasteiger partial charge in [-0.15, -0.1) is 0 Å². The Hall–Kier alpha value is -3.55. The van der Waals surface area contributed by atoms with Crippen molar-refractivity contribution in [1.29, 1.82) is 0 Å². The Morgan fingerprint density at radius 3 is 2.48 bits per heavy atom. The molecular weight excluding hydrogens is 370 g/mol. The lowest BCUT2D eigenvalue weighted by molar-refractivity contribution is 0.324. The number of hydrogen-bond acceptors (Lipinski definition) is 8. The van der Waals surface area contributed by atoms with E-state index in [4.69, 9.17) is 19.2 Å². The summed E-state index contributed by atoms with van der Waals surface area (Å²) in [7, 11) is 4.75. The molecule has 2 aromatic heterocycles. The second kappa shape index (κ2) is 8.22. The van der Waals surface area contributed by atoms with Crippen LogP contribution in [0.15, 0.2) is 42.9 Å². The van der Waals surface area contributed by atoms with Crippen molar-refractivity contribution < 1.29 is 14.2 Å². The molecule has 0 radical (unpaired) electrons. The Morgan fingerprint density at radius 2 is 1.83 bits per heavy atom. The van der Waals surface area contributed by atoms with E-state index >= 15 is 0 Å². The molecule has 29 heavy (non-hydrogen) atoms.